The molecular formula is C10H20ClNO2. The average molecular weight is 222 g/mol. The summed E-state index contributed by atoms with van der Waals surface area (Å²) in [5.74, 6) is -0.339. The van der Waals surface area contributed by atoms with Crippen LogP contribution in [0.2, 0.25) is 0 Å². The molecule has 1 atom stereocenters. The molecule has 0 saturated carbocycles. The van der Waals surface area contributed by atoms with E-state index in [0.29, 0.717) is 12.6 Å². The third kappa shape index (κ3) is 6.92. The second kappa shape index (κ2) is 6.85. The number of halogens is 1. The highest BCUT2D eigenvalue weighted by atomic mass is 35.5. The molecule has 14 heavy (non-hydrogen) atoms. The van der Waals surface area contributed by atoms with Crippen LogP contribution < -0.4 is 12.4 Å². The van der Waals surface area contributed by atoms with Crippen LogP contribution in [0.1, 0.15) is 13.3 Å². The molecule has 0 bridgehead atoms. The van der Waals surface area contributed by atoms with E-state index in [-0.39, 0.29) is 18.4 Å². The van der Waals surface area contributed by atoms with Crippen molar-refractivity contribution in [3.05, 3.63) is 12.7 Å². The molecule has 0 aliphatic heterocycles. The Kier molecular flexibility index (Phi) is 7.78. The molecule has 0 heterocycles. The summed E-state index contributed by atoms with van der Waals surface area (Å²) in [5.41, 5.74) is 0. The quantitative estimate of drug-likeness (QED) is 0.311. The number of esters is 1. The van der Waals surface area contributed by atoms with Gasteiger partial charge in [-0.1, -0.05) is 6.58 Å². The summed E-state index contributed by atoms with van der Waals surface area (Å²) < 4.78 is 5.77. The fraction of sp³-hybridized carbons (Fsp3) is 0.700. The highest BCUT2D eigenvalue weighted by molar-refractivity contribution is 5.81. The van der Waals surface area contributed by atoms with Gasteiger partial charge < -0.3 is 21.6 Å². The maximum Gasteiger partial charge on any atom is 0.330 e. The van der Waals surface area contributed by atoms with Gasteiger partial charge in [0, 0.05) is 12.5 Å². The molecule has 0 aromatic heterocycles. The Morgan fingerprint density at radius 1 is 1.50 bits per heavy atom. The van der Waals surface area contributed by atoms with Gasteiger partial charge in [-0.2, -0.15) is 0 Å². The molecule has 4 heteroatoms. The van der Waals surface area contributed by atoms with E-state index in [4.69, 9.17) is 4.74 Å². The Hall–Kier alpha value is -0.540. The lowest BCUT2D eigenvalue weighted by Crippen LogP contribution is -3.00. The first-order valence-corrected chi connectivity index (χ1v) is 4.48. The molecule has 1 unspecified atom stereocenters. The third-order valence-corrected chi connectivity index (χ3v) is 2.27. The minimum absolute atomic E-state index is 0. The first-order chi connectivity index (χ1) is 5.88. The van der Waals surface area contributed by atoms with Crippen molar-refractivity contribution in [1.29, 1.82) is 0 Å². The topological polar surface area (TPSA) is 26.3 Å². The van der Waals surface area contributed by atoms with Crippen LogP contribution >= 0.6 is 0 Å². The van der Waals surface area contributed by atoms with Crippen molar-refractivity contribution in [2.45, 2.75) is 19.4 Å². The zero-order chi connectivity index (χ0) is 10.5. The number of rotatable bonds is 5. The highest BCUT2D eigenvalue weighted by Crippen LogP contribution is 2.06. The molecule has 0 aliphatic carbocycles. The molecule has 0 amide bonds. The molecule has 0 aromatic carbocycles. The predicted molar refractivity (Wildman–Crippen MR) is 53.3 cm³/mol. The number of nitrogens with zero attached hydrogens (tertiary/aromatic N) is 1. The van der Waals surface area contributed by atoms with Crippen LogP contribution in [0.4, 0.5) is 0 Å². The average Bonchev–Trinajstić information content (AvgIpc) is 2.02. The van der Waals surface area contributed by atoms with Gasteiger partial charge in [0.1, 0.15) is 0 Å². The van der Waals surface area contributed by atoms with Gasteiger partial charge in [-0.15, -0.1) is 0 Å². The monoisotopic (exact) mass is 221 g/mol. The molecule has 0 aromatic rings. The SMILES string of the molecule is C=CC(=O)OCCC(C)[N+](C)(C)C.[Cl-]. The van der Waals surface area contributed by atoms with E-state index in [0.717, 1.165) is 10.9 Å². The fourth-order valence-electron chi connectivity index (χ4n) is 0.776. The normalized spacial score (nSPS) is 12.6. The molecule has 0 fully saturated rings. The van der Waals surface area contributed by atoms with Crippen LogP contribution in [0, 0.1) is 0 Å². The number of ether oxygens (including phenoxy) is 1. The first-order valence-electron chi connectivity index (χ1n) is 4.48. The molecule has 0 aliphatic rings. The second-order valence-corrected chi connectivity index (χ2v) is 4.13. The van der Waals surface area contributed by atoms with Crippen molar-refractivity contribution in [2.24, 2.45) is 0 Å². The lowest BCUT2D eigenvalue weighted by atomic mass is 10.2. The standard InChI is InChI=1S/C10H20NO2.ClH/c1-6-10(12)13-8-7-9(2)11(3,4)5;/h6,9H,1,7-8H2,2-5H3;1H/q+1;/p-1. The molecule has 0 radical (unpaired) electrons. The number of hydrogen-bond donors (Lipinski definition) is 0. The smallest absolute Gasteiger partial charge is 0.330 e. The van der Waals surface area contributed by atoms with Crippen LogP contribution in [0.5, 0.6) is 0 Å². The minimum atomic E-state index is -0.339. The van der Waals surface area contributed by atoms with Crippen molar-refractivity contribution in [3.8, 4) is 0 Å². The van der Waals surface area contributed by atoms with E-state index in [2.05, 4.69) is 34.6 Å². The predicted octanol–water partition coefficient (Wildman–Crippen LogP) is -1.80. The Morgan fingerprint density at radius 3 is 2.36 bits per heavy atom. The Balaban J connectivity index is 0. The van der Waals surface area contributed by atoms with E-state index in [9.17, 15) is 4.79 Å². The van der Waals surface area contributed by atoms with Crippen LogP contribution in [0.25, 0.3) is 0 Å². The molecular weight excluding hydrogens is 202 g/mol. The fourth-order valence-corrected chi connectivity index (χ4v) is 0.776. The van der Waals surface area contributed by atoms with Crippen molar-refractivity contribution in [3.63, 3.8) is 0 Å². The van der Waals surface area contributed by atoms with Crippen LogP contribution in [-0.2, 0) is 9.53 Å². The van der Waals surface area contributed by atoms with Gasteiger partial charge in [0.25, 0.3) is 0 Å². The van der Waals surface area contributed by atoms with Crippen molar-refractivity contribution >= 4 is 5.97 Å². The molecule has 84 valence electrons. The summed E-state index contributed by atoms with van der Waals surface area (Å²) in [4.78, 5) is 10.7. The van der Waals surface area contributed by atoms with E-state index in [1.807, 2.05) is 0 Å². The first kappa shape index (κ1) is 15.9. The Labute approximate surface area is 92.7 Å². The number of hydrogen-bond acceptors (Lipinski definition) is 2. The molecule has 0 saturated heterocycles. The Morgan fingerprint density at radius 2 is 2.00 bits per heavy atom. The van der Waals surface area contributed by atoms with Gasteiger partial charge in [-0.05, 0) is 6.92 Å². The van der Waals surface area contributed by atoms with Crippen LogP contribution in [0.15, 0.2) is 12.7 Å². The third-order valence-electron chi connectivity index (χ3n) is 2.27. The molecule has 3 nitrogen and oxygen atoms in total. The molecule has 0 N–H and O–H groups in total. The summed E-state index contributed by atoms with van der Waals surface area (Å²) in [7, 11) is 6.37. The van der Waals surface area contributed by atoms with E-state index >= 15 is 0 Å². The maximum absolute atomic E-state index is 10.7. The zero-order valence-electron chi connectivity index (χ0n) is 9.42. The van der Waals surface area contributed by atoms with Crippen LogP contribution in [-0.4, -0.2) is 44.2 Å². The van der Waals surface area contributed by atoms with E-state index in [1.165, 1.54) is 6.08 Å². The van der Waals surface area contributed by atoms with Gasteiger partial charge in [0.15, 0.2) is 0 Å². The summed E-state index contributed by atoms with van der Waals surface area (Å²) in [5, 5.41) is 0. The summed E-state index contributed by atoms with van der Waals surface area (Å²) in [6.07, 6.45) is 2.07. The summed E-state index contributed by atoms with van der Waals surface area (Å²) in [6.45, 7) is 5.94. The van der Waals surface area contributed by atoms with E-state index < -0.39 is 0 Å². The maximum atomic E-state index is 10.7. The van der Waals surface area contributed by atoms with Gasteiger partial charge >= 0.3 is 5.97 Å². The van der Waals surface area contributed by atoms with Crippen molar-refractivity contribution in [2.75, 3.05) is 27.7 Å². The summed E-state index contributed by atoms with van der Waals surface area (Å²) >= 11 is 0. The second-order valence-electron chi connectivity index (χ2n) is 4.13. The zero-order valence-corrected chi connectivity index (χ0v) is 10.2. The van der Waals surface area contributed by atoms with Crippen LogP contribution in [0.3, 0.4) is 0 Å². The molecule has 0 rings (SSSR count). The number of carbonyl (C=O) groups excluding carboxylic acids is 1. The number of carbonyl (C=O) groups is 1. The lowest BCUT2D eigenvalue weighted by Gasteiger charge is -2.31. The van der Waals surface area contributed by atoms with Gasteiger partial charge in [0.05, 0.1) is 33.8 Å². The van der Waals surface area contributed by atoms with Gasteiger partial charge in [-0.3, -0.25) is 0 Å². The highest BCUT2D eigenvalue weighted by Gasteiger charge is 2.17. The lowest BCUT2D eigenvalue weighted by molar-refractivity contribution is -0.894. The minimum Gasteiger partial charge on any atom is -1.00 e. The summed E-state index contributed by atoms with van der Waals surface area (Å²) in [6, 6.07) is 0.484. The van der Waals surface area contributed by atoms with Gasteiger partial charge in [0.2, 0.25) is 0 Å². The van der Waals surface area contributed by atoms with E-state index in [1.54, 1.807) is 0 Å². The van der Waals surface area contributed by atoms with Crippen molar-refractivity contribution in [1.82, 2.24) is 0 Å². The largest absolute Gasteiger partial charge is 1.00 e. The van der Waals surface area contributed by atoms with Gasteiger partial charge in [-0.25, -0.2) is 4.79 Å². The number of quaternary nitrogens is 1. The molecule has 0 spiro atoms. The Bertz CT molecular complexity index is 187. The van der Waals surface area contributed by atoms with Crippen molar-refractivity contribution < 1.29 is 26.4 Å².